The van der Waals surface area contributed by atoms with E-state index in [1.807, 2.05) is 18.2 Å². The Morgan fingerprint density at radius 2 is 1.93 bits per heavy atom. The molecule has 0 unspecified atom stereocenters. The number of benzene rings is 2. The van der Waals surface area contributed by atoms with E-state index in [2.05, 4.69) is 22.3 Å². The topological polar surface area (TPSA) is 41.6 Å². The zero-order valence-corrected chi connectivity index (χ0v) is 15.2. The molecule has 0 spiro atoms. The molecular formula is C21H24F2N2O2. The van der Waals surface area contributed by atoms with Crippen LogP contribution < -0.4 is 5.32 Å². The average molecular weight is 374 g/mol. The lowest BCUT2D eigenvalue weighted by atomic mass is 10.1. The van der Waals surface area contributed by atoms with Gasteiger partial charge < -0.3 is 10.1 Å². The molecule has 0 saturated carbocycles. The molecule has 0 bridgehead atoms. The molecule has 1 aliphatic heterocycles. The largest absolute Gasteiger partial charge is 0.371 e. The maximum atomic E-state index is 13.2. The number of morpholine rings is 1. The molecule has 1 amide bonds. The molecule has 1 N–H and O–H groups in total. The quantitative estimate of drug-likeness (QED) is 0.754. The van der Waals surface area contributed by atoms with E-state index in [1.54, 1.807) is 0 Å². The van der Waals surface area contributed by atoms with Crippen molar-refractivity contribution < 1.29 is 18.3 Å². The standard InChI is InChI=1S/C21H24F2N2O2/c22-18-9-8-17(14-19(18)23)21(26)24-10-4-5-11-25-12-13-27-20(15-25)16-6-2-1-3-7-16/h1-3,6-9,14,20H,4-5,10-13,15H2,(H,24,26)/t20-/m1/s1. The molecule has 0 aliphatic carbocycles. The minimum Gasteiger partial charge on any atom is -0.371 e. The number of carbonyl (C=O) groups is 1. The van der Waals surface area contributed by atoms with Crippen molar-refractivity contribution in [1.29, 1.82) is 0 Å². The number of unbranched alkanes of at least 4 members (excludes halogenated alkanes) is 1. The molecule has 0 radical (unpaired) electrons. The van der Waals surface area contributed by atoms with Gasteiger partial charge in [0.05, 0.1) is 12.7 Å². The van der Waals surface area contributed by atoms with E-state index < -0.39 is 11.6 Å². The number of ether oxygens (including phenoxy) is 1. The highest BCUT2D eigenvalue weighted by atomic mass is 19.2. The van der Waals surface area contributed by atoms with Crippen molar-refractivity contribution in [2.45, 2.75) is 18.9 Å². The molecule has 1 aliphatic rings. The molecule has 1 heterocycles. The zero-order chi connectivity index (χ0) is 19.1. The Hall–Kier alpha value is -2.31. The molecule has 2 aromatic rings. The van der Waals surface area contributed by atoms with Crippen molar-refractivity contribution in [1.82, 2.24) is 10.2 Å². The first-order chi connectivity index (χ1) is 13.1. The van der Waals surface area contributed by atoms with Gasteiger partial charge in [-0.2, -0.15) is 0 Å². The van der Waals surface area contributed by atoms with E-state index in [1.165, 1.54) is 11.6 Å². The number of amides is 1. The summed E-state index contributed by atoms with van der Waals surface area (Å²) in [7, 11) is 0. The van der Waals surface area contributed by atoms with Crippen molar-refractivity contribution >= 4 is 5.91 Å². The highest BCUT2D eigenvalue weighted by Gasteiger charge is 2.21. The molecule has 1 atom stereocenters. The van der Waals surface area contributed by atoms with Crippen molar-refractivity contribution in [3.05, 3.63) is 71.3 Å². The summed E-state index contributed by atoms with van der Waals surface area (Å²) in [5, 5.41) is 2.75. The first-order valence-electron chi connectivity index (χ1n) is 9.25. The van der Waals surface area contributed by atoms with Gasteiger partial charge in [0.2, 0.25) is 0 Å². The van der Waals surface area contributed by atoms with Crippen LogP contribution in [0, 0.1) is 11.6 Å². The van der Waals surface area contributed by atoms with Crippen LogP contribution >= 0.6 is 0 Å². The minimum atomic E-state index is -1.01. The predicted molar refractivity (Wildman–Crippen MR) is 99.5 cm³/mol. The van der Waals surface area contributed by atoms with Crippen molar-refractivity contribution in [3.8, 4) is 0 Å². The molecule has 6 heteroatoms. The van der Waals surface area contributed by atoms with Crippen LogP contribution in [0.15, 0.2) is 48.5 Å². The van der Waals surface area contributed by atoms with Gasteiger partial charge in [-0.1, -0.05) is 30.3 Å². The average Bonchev–Trinajstić information content (AvgIpc) is 2.70. The molecule has 1 saturated heterocycles. The van der Waals surface area contributed by atoms with E-state index >= 15 is 0 Å². The second-order valence-electron chi connectivity index (χ2n) is 6.66. The Kier molecular flexibility index (Phi) is 6.90. The van der Waals surface area contributed by atoms with Crippen LogP contribution in [0.1, 0.15) is 34.9 Å². The second kappa shape index (κ2) is 9.58. The predicted octanol–water partition coefficient (Wildman–Crippen LogP) is 3.55. The first-order valence-corrected chi connectivity index (χ1v) is 9.25. The van der Waals surface area contributed by atoms with Crippen LogP contribution in [-0.2, 0) is 4.74 Å². The molecule has 1 fully saturated rings. The number of nitrogens with zero attached hydrogens (tertiary/aromatic N) is 1. The molecule has 2 aromatic carbocycles. The Bertz CT molecular complexity index is 755. The van der Waals surface area contributed by atoms with Gasteiger partial charge in [-0.15, -0.1) is 0 Å². The van der Waals surface area contributed by atoms with Gasteiger partial charge in [-0.25, -0.2) is 8.78 Å². The van der Waals surface area contributed by atoms with Gasteiger partial charge in [0, 0.05) is 25.2 Å². The van der Waals surface area contributed by atoms with Gasteiger partial charge >= 0.3 is 0 Å². The fraction of sp³-hybridized carbons (Fsp3) is 0.381. The van der Waals surface area contributed by atoms with Crippen LogP contribution in [0.2, 0.25) is 0 Å². The minimum absolute atomic E-state index is 0.105. The van der Waals surface area contributed by atoms with E-state index in [0.29, 0.717) is 13.2 Å². The molecular weight excluding hydrogens is 350 g/mol. The van der Waals surface area contributed by atoms with Crippen LogP contribution in [-0.4, -0.2) is 43.6 Å². The van der Waals surface area contributed by atoms with E-state index in [4.69, 9.17) is 4.74 Å². The molecule has 3 rings (SSSR count). The maximum absolute atomic E-state index is 13.2. The van der Waals surface area contributed by atoms with Crippen LogP contribution in [0.3, 0.4) is 0 Å². The Balaban J connectivity index is 1.36. The van der Waals surface area contributed by atoms with Crippen LogP contribution in [0.5, 0.6) is 0 Å². The van der Waals surface area contributed by atoms with Gasteiger partial charge in [0.1, 0.15) is 0 Å². The summed E-state index contributed by atoms with van der Waals surface area (Å²) < 4.78 is 31.9. The summed E-state index contributed by atoms with van der Waals surface area (Å²) in [5.41, 5.74) is 1.33. The summed E-state index contributed by atoms with van der Waals surface area (Å²) in [6.07, 6.45) is 1.87. The SMILES string of the molecule is O=C(NCCCCN1CCO[C@@H](c2ccccc2)C1)c1ccc(F)c(F)c1. The number of carbonyl (C=O) groups excluding carboxylic acids is 1. The Morgan fingerprint density at radius 1 is 1.11 bits per heavy atom. The van der Waals surface area contributed by atoms with Crippen LogP contribution in [0.25, 0.3) is 0 Å². The molecule has 4 nitrogen and oxygen atoms in total. The lowest BCUT2D eigenvalue weighted by Gasteiger charge is -2.33. The lowest BCUT2D eigenvalue weighted by molar-refractivity contribution is -0.0303. The van der Waals surface area contributed by atoms with E-state index in [-0.39, 0.29) is 17.6 Å². The molecule has 144 valence electrons. The normalized spacial score (nSPS) is 17.6. The van der Waals surface area contributed by atoms with Crippen molar-refractivity contribution in [2.24, 2.45) is 0 Å². The Morgan fingerprint density at radius 3 is 2.70 bits per heavy atom. The second-order valence-corrected chi connectivity index (χ2v) is 6.66. The molecule has 0 aromatic heterocycles. The number of nitrogens with one attached hydrogen (secondary N) is 1. The monoisotopic (exact) mass is 374 g/mol. The van der Waals surface area contributed by atoms with E-state index in [0.717, 1.165) is 44.6 Å². The van der Waals surface area contributed by atoms with Crippen molar-refractivity contribution in [2.75, 3.05) is 32.8 Å². The van der Waals surface area contributed by atoms with Gasteiger partial charge in [-0.3, -0.25) is 9.69 Å². The smallest absolute Gasteiger partial charge is 0.251 e. The number of hydrogen-bond donors (Lipinski definition) is 1. The van der Waals surface area contributed by atoms with Crippen LogP contribution in [0.4, 0.5) is 8.78 Å². The third-order valence-electron chi connectivity index (χ3n) is 4.69. The van der Waals surface area contributed by atoms with Gasteiger partial charge in [-0.05, 0) is 43.1 Å². The highest BCUT2D eigenvalue weighted by Crippen LogP contribution is 2.22. The zero-order valence-electron chi connectivity index (χ0n) is 15.2. The summed E-state index contributed by atoms with van der Waals surface area (Å²) >= 11 is 0. The summed E-state index contributed by atoms with van der Waals surface area (Å²) in [6, 6.07) is 13.4. The van der Waals surface area contributed by atoms with Gasteiger partial charge in [0.15, 0.2) is 11.6 Å². The van der Waals surface area contributed by atoms with Gasteiger partial charge in [0.25, 0.3) is 5.91 Å². The third-order valence-corrected chi connectivity index (χ3v) is 4.69. The lowest BCUT2D eigenvalue weighted by Crippen LogP contribution is -2.39. The first kappa shape index (κ1) is 19.5. The summed E-state index contributed by atoms with van der Waals surface area (Å²) in [4.78, 5) is 14.3. The molecule has 27 heavy (non-hydrogen) atoms. The summed E-state index contributed by atoms with van der Waals surface area (Å²) in [6.45, 7) is 3.93. The fourth-order valence-electron chi connectivity index (χ4n) is 3.18. The fourth-order valence-corrected chi connectivity index (χ4v) is 3.18. The maximum Gasteiger partial charge on any atom is 0.251 e. The van der Waals surface area contributed by atoms with E-state index in [9.17, 15) is 13.6 Å². The third kappa shape index (κ3) is 5.58. The van der Waals surface area contributed by atoms with Crippen molar-refractivity contribution in [3.63, 3.8) is 0 Å². The summed E-state index contributed by atoms with van der Waals surface area (Å²) in [5.74, 6) is -2.35. The highest BCUT2D eigenvalue weighted by molar-refractivity contribution is 5.94. The number of hydrogen-bond acceptors (Lipinski definition) is 3. The number of rotatable bonds is 7. The Labute approximate surface area is 158 Å². The number of halogens is 2.